The molecule has 4 nitrogen and oxygen atoms in total. The van der Waals surface area contributed by atoms with Gasteiger partial charge in [0, 0.05) is 29.7 Å². The predicted molar refractivity (Wildman–Crippen MR) is 107 cm³/mol. The van der Waals surface area contributed by atoms with E-state index in [-0.39, 0.29) is 4.90 Å². The molecule has 0 spiro atoms. The molecular formula is C19H19ClN2O2S2. The quantitative estimate of drug-likeness (QED) is 0.612. The van der Waals surface area contributed by atoms with E-state index < -0.39 is 9.84 Å². The molecule has 0 saturated carbocycles. The molecule has 0 amide bonds. The fraction of sp³-hybridized carbons (Fsp3) is 0.316. The van der Waals surface area contributed by atoms with Gasteiger partial charge in [-0.25, -0.2) is 13.4 Å². The van der Waals surface area contributed by atoms with Gasteiger partial charge in [-0.05, 0) is 55.2 Å². The molecule has 0 atom stereocenters. The van der Waals surface area contributed by atoms with Crippen molar-refractivity contribution in [3.05, 3.63) is 47.6 Å². The van der Waals surface area contributed by atoms with E-state index in [1.807, 2.05) is 12.1 Å². The van der Waals surface area contributed by atoms with Crippen LogP contribution in [0.15, 0.2) is 51.7 Å². The first-order valence-corrected chi connectivity index (χ1v) is 11.3. The number of thiophene rings is 1. The fourth-order valence-corrected chi connectivity index (χ4v) is 6.52. The maximum Gasteiger partial charge on any atom is 0.218 e. The van der Waals surface area contributed by atoms with Crippen LogP contribution in [0.25, 0.3) is 10.2 Å². The minimum absolute atomic E-state index is 0.264. The first kappa shape index (κ1) is 17.8. The molecule has 26 heavy (non-hydrogen) atoms. The Bertz CT molecular complexity index is 1040. The lowest BCUT2D eigenvalue weighted by Crippen LogP contribution is -2.33. The van der Waals surface area contributed by atoms with E-state index in [4.69, 9.17) is 11.6 Å². The smallest absolute Gasteiger partial charge is 0.218 e. The topological polar surface area (TPSA) is 50.3 Å². The zero-order chi connectivity index (χ0) is 18.3. The predicted octanol–water partition coefficient (Wildman–Crippen LogP) is 5.02. The summed E-state index contributed by atoms with van der Waals surface area (Å²) in [5.41, 5.74) is 0.806. The lowest BCUT2D eigenvalue weighted by atomic mass is 9.99. The second kappa shape index (κ2) is 6.83. The molecule has 1 fully saturated rings. The van der Waals surface area contributed by atoms with Crippen molar-refractivity contribution in [1.29, 1.82) is 0 Å². The summed E-state index contributed by atoms with van der Waals surface area (Å²) in [6.45, 7) is 3.98. The van der Waals surface area contributed by atoms with Gasteiger partial charge in [0.15, 0.2) is 4.21 Å². The Hall–Kier alpha value is -1.63. The van der Waals surface area contributed by atoms with Crippen molar-refractivity contribution >= 4 is 48.7 Å². The van der Waals surface area contributed by atoms with Crippen molar-refractivity contribution < 1.29 is 8.42 Å². The molecule has 1 aliphatic rings. The van der Waals surface area contributed by atoms with Crippen molar-refractivity contribution in [3.8, 4) is 0 Å². The van der Waals surface area contributed by atoms with Crippen LogP contribution >= 0.6 is 22.9 Å². The number of nitrogens with zero attached hydrogens (tertiary/aromatic N) is 2. The first-order chi connectivity index (χ1) is 12.5. The number of piperidine rings is 1. The van der Waals surface area contributed by atoms with Gasteiger partial charge >= 0.3 is 0 Å². The van der Waals surface area contributed by atoms with Crippen LogP contribution in [-0.2, 0) is 9.84 Å². The Morgan fingerprint density at radius 3 is 2.54 bits per heavy atom. The Balaban J connectivity index is 1.89. The summed E-state index contributed by atoms with van der Waals surface area (Å²) < 4.78 is 27.1. The highest BCUT2D eigenvalue weighted by atomic mass is 35.5. The molecule has 136 valence electrons. The maximum absolute atomic E-state index is 13.4. The van der Waals surface area contributed by atoms with Crippen molar-refractivity contribution in [1.82, 2.24) is 4.98 Å². The van der Waals surface area contributed by atoms with Crippen LogP contribution in [0.5, 0.6) is 0 Å². The number of aromatic nitrogens is 1. The first-order valence-electron chi connectivity index (χ1n) is 8.60. The SMILES string of the molecule is CC1CCN(c2c(S(=O)(=O)c3ccc(Cl)cc3)sc3ncccc23)CC1. The third kappa shape index (κ3) is 3.10. The van der Waals surface area contributed by atoms with Gasteiger partial charge in [0.2, 0.25) is 9.84 Å². The highest BCUT2D eigenvalue weighted by molar-refractivity contribution is 7.93. The van der Waals surface area contributed by atoms with Crippen LogP contribution in [0.4, 0.5) is 5.69 Å². The summed E-state index contributed by atoms with van der Waals surface area (Å²) in [6, 6.07) is 10.2. The minimum atomic E-state index is -3.63. The number of rotatable bonds is 3. The zero-order valence-electron chi connectivity index (χ0n) is 14.4. The summed E-state index contributed by atoms with van der Waals surface area (Å²) in [7, 11) is -3.63. The number of fused-ring (bicyclic) bond motifs is 1. The normalized spacial score (nSPS) is 16.3. The molecular weight excluding hydrogens is 388 g/mol. The second-order valence-electron chi connectivity index (χ2n) is 6.72. The van der Waals surface area contributed by atoms with Crippen molar-refractivity contribution in [3.63, 3.8) is 0 Å². The highest BCUT2D eigenvalue weighted by Gasteiger charge is 2.30. The van der Waals surface area contributed by atoms with E-state index in [2.05, 4.69) is 16.8 Å². The molecule has 0 unspecified atom stereocenters. The van der Waals surface area contributed by atoms with Crippen LogP contribution in [-0.4, -0.2) is 26.5 Å². The Labute approximate surface area is 162 Å². The standard InChI is InChI=1S/C19H19ClN2O2S2/c1-13-8-11-22(12-9-13)17-16-3-2-10-21-18(16)25-19(17)26(23,24)15-6-4-14(20)5-7-15/h2-7,10,13H,8-9,11-12H2,1H3. The molecule has 3 aromatic rings. The molecule has 7 heteroatoms. The largest absolute Gasteiger partial charge is 0.369 e. The molecule has 0 aliphatic carbocycles. The number of anilines is 1. The average molecular weight is 407 g/mol. The molecule has 1 aliphatic heterocycles. The molecule has 3 heterocycles. The highest BCUT2D eigenvalue weighted by Crippen LogP contribution is 2.43. The Morgan fingerprint density at radius 2 is 1.85 bits per heavy atom. The van der Waals surface area contributed by atoms with E-state index in [0.29, 0.717) is 15.1 Å². The zero-order valence-corrected chi connectivity index (χ0v) is 16.7. The van der Waals surface area contributed by atoms with Gasteiger partial charge in [0.1, 0.15) is 4.83 Å². The average Bonchev–Trinajstić information content (AvgIpc) is 3.03. The fourth-order valence-electron chi connectivity index (χ4n) is 3.33. The number of hydrogen-bond donors (Lipinski definition) is 0. The lowest BCUT2D eigenvalue weighted by Gasteiger charge is -2.32. The van der Waals surface area contributed by atoms with Gasteiger partial charge < -0.3 is 4.90 Å². The second-order valence-corrected chi connectivity index (χ2v) is 10.3. The van der Waals surface area contributed by atoms with Gasteiger partial charge in [-0.3, -0.25) is 0 Å². The minimum Gasteiger partial charge on any atom is -0.369 e. The molecule has 0 bridgehead atoms. The van der Waals surface area contributed by atoms with Gasteiger partial charge in [-0.1, -0.05) is 18.5 Å². The van der Waals surface area contributed by atoms with Crippen LogP contribution in [0.2, 0.25) is 5.02 Å². The van der Waals surface area contributed by atoms with Gasteiger partial charge in [0.05, 0.1) is 10.6 Å². The maximum atomic E-state index is 13.4. The number of halogens is 1. The van der Waals surface area contributed by atoms with Gasteiger partial charge in [-0.15, -0.1) is 11.3 Å². The van der Waals surface area contributed by atoms with Crippen LogP contribution in [0.1, 0.15) is 19.8 Å². The number of benzene rings is 1. The van der Waals surface area contributed by atoms with Gasteiger partial charge in [-0.2, -0.15) is 0 Å². The summed E-state index contributed by atoms with van der Waals surface area (Å²) in [5, 5.41) is 1.44. The van der Waals surface area contributed by atoms with Crippen LogP contribution < -0.4 is 4.90 Å². The van der Waals surface area contributed by atoms with Crippen molar-refractivity contribution in [2.45, 2.75) is 28.9 Å². The monoisotopic (exact) mass is 406 g/mol. The lowest BCUT2D eigenvalue weighted by molar-refractivity contribution is 0.438. The summed E-state index contributed by atoms with van der Waals surface area (Å²) in [6.07, 6.45) is 3.84. The van der Waals surface area contributed by atoms with E-state index >= 15 is 0 Å². The van der Waals surface area contributed by atoms with E-state index in [1.165, 1.54) is 11.3 Å². The Kier molecular flexibility index (Phi) is 4.67. The van der Waals surface area contributed by atoms with E-state index in [1.54, 1.807) is 30.5 Å². The number of hydrogen-bond acceptors (Lipinski definition) is 5. The number of pyridine rings is 1. The molecule has 1 saturated heterocycles. The van der Waals surface area contributed by atoms with E-state index in [0.717, 1.165) is 41.8 Å². The third-order valence-electron chi connectivity index (χ3n) is 4.88. The molecule has 0 N–H and O–H groups in total. The number of sulfone groups is 1. The molecule has 0 radical (unpaired) electrons. The summed E-state index contributed by atoms with van der Waals surface area (Å²) >= 11 is 7.18. The Morgan fingerprint density at radius 1 is 1.15 bits per heavy atom. The summed E-state index contributed by atoms with van der Waals surface area (Å²) in [5.74, 6) is 0.672. The van der Waals surface area contributed by atoms with Crippen molar-refractivity contribution in [2.75, 3.05) is 18.0 Å². The van der Waals surface area contributed by atoms with Crippen LogP contribution in [0, 0.1) is 5.92 Å². The van der Waals surface area contributed by atoms with Gasteiger partial charge in [0.25, 0.3) is 0 Å². The molecule has 4 rings (SSSR count). The summed E-state index contributed by atoms with van der Waals surface area (Å²) in [4.78, 5) is 7.63. The van der Waals surface area contributed by atoms with Crippen LogP contribution in [0.3, 0.4) is 0 Å². The van der Waals surface area contributed by atoms with Crippen molar-refractivity contribution in [2.24, 2.45) is 5.92 Å². The molecule has 2 aromatic heterocycles. The molecule has 1 aromatic carbocycles. The van der Waals surface area contributed by atoms with E-state index in [9.17, 15) is 8.42 Å². The third-order valence-corrected chi connectivity index (χ3v) is 8.51.